The maximum atomic E-state index is 13.4. The highest BCUT2D eigenvalue weighted by atomic mass is 19.1. The van der Waals surface area contributed by atoms with E-state index in [0.29, 0.717) is 12.4 Å². The molecular weight excluding hydrogens is 437 g/mol. The highest BCUT2D eigenvalue weighted by Crippen LogP contribution is 2.31. The van der Waals surface area contributed by atoms with Crippen molar-refractivity contribution in [1.82, 2.24) is 9.97 Å². The van der Waals surface area contributed by atoms with Gasteiger partial charge in [-0.1, -0.05) is 39.8 Å². The van der Waals surface area contributed by atoms with Crippen molar-refractivity contribution in [3.05, 3.63) is 47.4 Å². The minimum absolute atomic E-state index is 0.187. The molecular formula is C26H38FN3O4. The van der Waals surface area contributed by atoms with Crippen LogP contribution in [0.2, 0.25) is 0 Å². The first-order chi connectivity index (χ1) is 16.3. The standard InChI is InChI=1S/C22H28FN3O2.C2H6.2CH2O/c1-15(2)20-18(9-7-5-6-8-10-19(27)28)21(25-22(24-20)26(3)4)16-11-13-17(23)14-12-16;3*1-2/h7,9,11-15H,5-6,8,10H2,1-4H3,(H,27,28);1-2H3;2*1H2/b9-7+;;;. The first-order valence-corrected chi connectivity index (χ1v) is 11.1. The van der Waals surface area contributed by atoms with Gasteiger partial charge < -0.3 is 19.6 Å². The molecule has 188 valence electrons. The quantitative estimate of drug-likeness (QED) is 0.458. The summed E-state index contributed by atoms with van der Waals surface area (Å²) in [6, 6.07) is 6.32. The van der Waals surface area contributed by atoms with Crippen LogP contribution in [0.1, 0.15) is 70.6 Å². The van der Waals surface area contributed by atoms with Crippen molar-refractivity contribution in [2.24, 2.45) is 0 Å². The molecule has 0 bridgehead atoms. The van der Waals surface area contributed by atoms with Gasteiger partial charge in [0, 0.05) is 31.6 Å². The number of rotatable bonds is 9. The van der Waals surface area contributed by atoms with Gasteiger partial charge in [-0.2, -0.15) is 0 Å². The first-order valence-electron chi connectivity index (χ1n) is 11.1. The normalized spacial score (nSPS) is 9.76. The number of carbonyl (C=O) groups excluding carboxylic acids is 2. The Bertz CT molecular complexity index is 867. The molecule has 0 saturated heterocycles. The number of carboxylic acid groups (broad SMARTS) is 1. The Labute approximate surface area is 202 Å². The number of benzene rings is 1. The van der Waals surface area contributed by atoms with Crippen LogP contribution in [0.3, 0.4) is 0 Å². The van der Waals surface area contributed by atoms with Crippen LogP contribution >= 0.6 is 0 Å². The molecule has 1 aromatic heterocycles. The van der Waals surface area contributed by atoms with E-state index in [2.05, 4.69) is 13.8 Å². The van der Waals surface area contributed by atoms with E-state index in [4.69, 9.17) is 24.7 Å². The molecule has 0 amide bonds. The van der Waals surface area contributed by atoms with E-state index in [9.17, 15) is 9.18 Å². The second kappa shape index (κ2) is 19.1. The van der Waals surface area contributed by atoms with Gasteiger partial charge >= 0.3 is 5.97 Å². The van der Waals surface area contributed by atoms with Crippen molar-refractivity contribution in [2.45, 2.75) is 59.3 Å². The number of halogens is 1. The Morgan fingerprint density at radius 1 is 1.06 bits per heavy atom. The average Bonchev–Trinajstić information content (AvgIpc) is 2.85. The minimum Gasteiger partial charge on any atom is -0.481 e. The summed E-state index contributed by atoms with van der Waals surface area (Å²) in [6.07, 6.45) is 6.47. The highest BCUT2D eigenvalue weighted by molar-refractivity contribution is 5.74. The topological polar surface area (TPSA) is 100 Å². The number of hydrogen-bond acceptors (Lipinski definition) is 6. The summed E-state index contributed by atoms with van der Waals surface area (Å²) in [5.41, 5.74) is 3.45. The SMILES string of the molecule is C=O.C=O.CC.CC(C)c1nc(N(C)C)nc(-c2ccc(F)cc2)c1/C=C/CCCCC(=O)O. The fourth-order valence-corrected chi connectivity index (χ4v) is 2.85. The second-order valence-corrected chi connectivity index (χ2v) is 7.27. The van der Waals surface area contributed by atoms with Crippen LogP contribution in [0.25, 0.3) is 17.3 Å². The third-order valence-electron chi connectivity index (χ3n) is 4.32. The summed E-state index contributed by atoms with van der Waals surface area (Å²) in [6.45, 7) is 12.2. The summed E-state index contributed by atoms with van der Waals surface area (Å²) >= 11 is 0. The molecule has 0 aliphatic carbocycles. The van der Waals surface area contributed by atoms with Gasteiger partial charge in [0.1, 0.15) is 19.4 Å². The fraction of sp³-hybridized carbons (Fsp3) is 0.423. The minimum atomic E-state index is -0.766. The highest BCUT2D eigenvalue weighted by Gasteiger charge is 2.17. The number of allylic oxidation sites excluding steroid dienone is 1. The van der Waals surface area contributed by atoms with Gasteiger partial charge in [-0.3, -0.25) is 4.79 Å². The molecule has 2 aromatic rings. The van der Waals surface area contributed by atoms with Crippen molar-refractivity contribution >= 4 is 31.6 Å². The number of aromatic nitrogens is 2. The molecule has 1 heterocycles. The number of carbonyl (C=O) groups is 3. The molecule has 8 heteroatoms. The first kappa shape index (κ1) is 32.8. The molecule has 0 radical (unpaired) electrons. The van der Waals surface area contributed by atoms with Crippen LogP contribution in [0.5, 0.6) is 0 Å². The maximum Gasteiger partial charge on any atom is 0.303 e. The van der Waals surface area contributed by atoms with Crippen LogP contribution in [0.15, 0.2) is 30.3 Å². The molecule has 0 atom stereocenters. The predicted molar refractivity (Wildman–Crippen MR) is 137 cm³/mol. The lowest BCUT2D eigenvalue weighted by Crippen LogP contribution is -2.16. The molecule has 0 aliphatic rings. The fourth-order valence-electron chi connectivity index (χ4n) is 2.85. The molecule has 2 rings (SSSR count). The van der Waals surface area contributed by atoms with Gasteiger partial charge in [0.05, 0.1) is 11.4 Å². The largest absolute Gasteiger partial charge is 0.481 e. The van der Waals surface area contributed by atoms with Crippen LogP contribution in [0.4, 0.5) is 10.3 Å². The molecule has 0 saturated carbocycles. The summed E-state index contributed by atoms with van der Waals surface area (Å²) in [4.78, 5) is 37.9. The molecule has 0 spiro atoms. The summed E-state index contributed by atoms with van der Waals surface area (Å²) in [5.74, 6) is -0.253. The lowest BCUT2D eigenvalue weighted by molar-refractivity contribution is -0.137. The Hall–Kier alpha value is -3.42. The predicted octanol–water partition coefficient (Wildman–Crippen LogP) is 5.79. The van der Waals surface area contributed by atoms with Gasteiger partial charge in [-0.15, -0.1) is 0 Å². The van der Waals surface area contributed by atoms with Gasteiger partial charge in [0.25, 0.3) is 0 Å². The molecule has 0 aliphatic heterocycles. The molecule has 7 nitrogen and oxygen atoms in total. The zero-order valence-corrected chi connectivity index (χ0v) is 21.2. The Morgan fingerprint density at radius 2 is 1.62 bits per heavy atom. The number of carboxylic acids is 1. The number of anilines is 1. The van der Waals surface area contributed by atoms with Gasteiger partial charge in [-0.05, 0) is 49.4 Å². The Kier molecular flexibility index (Phi) is 18.4. The van der Waals surface area contributed by atoms with Crippen molar-refractivity contribution in [1.29, 1.82) is 0 Å². The lowest BCUT2D eigenvalue weighted by atomic mass is 9.97. The van der Waals surface area contributed by atoms with Crippen molar-refractivity contribution in [3.63, 3.8) is 0 Å². The van der Waals surface area contributed by atoms with Gasteiger partial charge in [0.15, 0.2) is 0 Å². The zero-order valence-electron chi connectivity index (χ0n) is 21.2. The average molecular weight is 476 g/mol. The van der Waals surface area contributed by atoms with Gasteiger partial charge in [-0.25, -0.2) is 14.4 Å². The van der Waals surface area contributed by atoms with Crippen molar-refractivity contribution in [3.8, 4) is 11.3 Å². The van der Waals surface area contributed by atoms with Crippen LogP contribution < -0.4 is 4.90 Å². The van der Waals surface area contributed by atoms with Crippen LogP contribution in [-0.2, 0) is 14.4 Å². The third kappa shape index (κ3) is 11.4. The summed E-state index contributed by atoms with van der Waals surface area (Å²) < 4.78 is 13.4. The number of hydrogen-bond donors (Lipinski definition) is 1. The van der Waals surface area contributed by atoms with E-state index in [-0.39, 0.29) is 18.2 Å². The van der Waals surface area contributed by atoms with E-state index < -0.39 is 5.97 Å². The molecule has 34 heavy (non-hydrogen) atoms. The van der Waals surface area contributed by atoms with Crippen molar-refractivity contribution < 1.29 is 23.9 Å². The van der Waals surface area contributed by atoms with Crippen LogP contribution in [0, 0.1) is 5.82 Å². The number of aliphatic carboxylic acids is 1. The smallest absolute Gasteiger partial charge is 0.303 e. The van der Waals surface area contributed by atoms with E-state index >= 15 is 0 Å². The molecule has 0 fully saturated rings. The zero-order chi connectivity index (χ0) is 26.7. The van der Waals surface area contributed by atoms with Gasteiger partial charge in [0.2, 0.25) is 5.95 Å². The maximum absolute atomic E-state index is 13.4. The van der Waals surface area contributed by atoms with Crippen LogP contribution in [-0.4, -0.2) is 48.7 Å². The lowest BCUT2D eigenvalue weighted by Gasteiger charge is -2.19. The number of nitrogens with zero attached hydrogens (tertiary/aromatic N) is 3. The Balaban J connectivity index is 0. The van der Waals surface area contributed by atoms with E-state index in [0.717, 1.165) is 35.4 Å². The second-order valence-electron chi connectivity index (χ2n) is 7.27. The monoisotopic (exact) mass is 475 g/mol. The molecule has 1 aromatic carbocycles. The van der Waals surface area contributed by atoms with E-state index in [1.807, 2.05) is 58.6 Å². The summed E-state index contributed by atoms with van der Waals surface area (Å²) in [5, 5.41) is 8.73. The van der Waals surface area contributed by atoms with E-state index in [1.165, 1.54) is 12.1 Å². The molecule has 0 unspecified atom stereocenters. The molecule has 1 N–H and O–H groups in total. The van der Waals surface area contributed by atoms with E-state index in [1.54, 1.807) is 12.1 Å². The summed E-state index contributed by atoms with van der Waals surface area (Å²) in [7, 11) is 3.79. The Morgan fingerprint density at radius 3 is 2.09 bits per heavy atom. The van der Waals surface area contributed by atoms with Crippen molar-refractivity contribution in [2.75, 3.05) is 19.0 Å². The third-order valence-corrected chi connectivity index (χ3v) is 4.32. The number of unbranched alkanes of at least 4 members (excludes halogenated alkanes) is 2.